The van der Waals surface area contributed by atoms with Crippen LogP contribution in [0.25, 0.3) is 0 Å². The second kappa shape index (κ2) is 13.1. The summed E-state index contributed by atoms with van der Waals surface area (Å²) in [4.78, 5) is 23.7. The van der Waals surface area contributed by atoms with Gasteiger partial charge in [-0.25, -0.2) is 5.43 Å². The topological polar surface area (TPSA) is 49.4 Å². The minimum Gasteiger partial charge on any atom is -0.300 e. The molecular formula is C22H24FeN2O2+2. The molecule has 0 bridgehead atoms. The molecule has 0 saturated heterocycles. The Kier molecular flexibility index (Phi) is 11.6. The first-order valence-corrected chi connectivity index (χ1v) is 8.55. The molecule has 2 aliphatic carbocycles. The van der Waals surface area contributed by atoms with Crippen molar-refractivity contribution < 1.29 is 26.7 Å². The van der Waals surface area contributed by atoms with E-state index in [0.717, 1.165) is 5.92 Å². The zero-order chi connectivity index (χ0) is 18.8. The Morgan fingerprint density at radius 3 is 1.93 bits per heavy atom. The third kappa shape index (κ3) is 8.59. The van der Waals surface area contributed by atoms with Crippen molar-refractivity contribution in [3.63, 3.8) is 0 Å². The van der Waals surface area contributed by atoms with E-state index in [1.165, 1.54) is 5.01 Å². The number of hydrogen-bond donors (Lipinski definition) is 1. The SMILES string of the molecule is CC(=O)CC(NN(C)C(=O)c1ccccc1)[C]1[CH][CH][CH][CH]1.[CH]1[CH][CH][CH][CH]1.[Fe+2]. The Bertz CT molecular complexity index is 547. The summed E-state index contributed by atoms with van der Waals surface area (Å²) in [7, 11) is 1.67. The molecule has 2 aliphatic rings. The summed E-state index contributed by atoms with van der Waals surface area (Å²) in [6, 6.07) is 8.85. The van der Waals surface area contributed by atoms with Gasteiger partial charge in [0.2, 0.25) is 0 Å². The predicted molar refractivity (Wildman–Crippen MR) is 103 cm³/mol. The van der Waals surface area contributed by atoms with Gasteiger partial charge in [0.25, 0.3) is 5.91 Å². The number of carbonyl (C=O) groups excluding carboxylic acids is 2. The molecule has 1 N–H and O–H groups in total. The molecule has 3 rings (SSSR count). The van der Waals surface area contributed by atoms with Crippen LogP contribution in [0.2, 0.25) is 0 Å². The summed E-state index contributed by atoms with van der Waals surface area (Å²) in [5.41, 5.74) is 3.72. The van der Waals surface area contributed by atoms with Crippen molar-refractivity contribution in [2.24, 2.45) is 0 Å². The second-order valence-corrected chi connectivity index (χ2v) is 6.00. The van der Waals surface area contributed by atoms with Crippen LogP contribution in [0, 0.1) is 63.7 Å². The fraction of sp³-hybridized carbons (Fsp3) is 0.182. The first-order valence-electron chi connectivity index (χ1n) is 8.55. The maximum absolute atomic E-state index is 12.3. The quantitative estimate of drug-likeness (QED) is 0.586. The fourth-order valence-electron chi connectivity index (χ4n) is 2.53. The van der Waals surface area contributed by atoms with Crippen LogP contribution in [0.4, 0.5) is 0 Å². The van der Waals surface area contributed by atoms with Crippen molar-refractivity contribution >= 4 is 11.7 Å². The summed E-state index contributed by atoms with van der Waals surface area (Å²) in [6.45, 7) is 1.55. The number of benzene rings is 1. The van der Waals surface area contributed by atoms with E-state index in [-0.39, 0.29) is 34.8 Å². The molecule has 1 aromatic carbocycles. The van der Waals surface area contributed by atoms with Gasteiger partial charge in [-0.05, 0) is 76.8 Å². The van der Waals surface area contributed by atoms with Crippen LogP contribution in [0.15, 0.2) is 30.3 Å². The van der Waals surface area contributed by atoms with Crippen molar-refractivity contribution in [2.75, 3.05) is 7.05 Å². The summed E-state index contributed by atoms with van der Waals surface area (Å²) in [5.74, 6) is 0.947. The minimum atomic E-state index is -0.199. The van der Waals surface area contributed by atoms with Crippen LogP contribution in [0.5, 0.6) is 0 Å². The molecule has 140 valence electrons. The van der Waals surface area contributed by atoms with E-state index in [1.807, 2.05) is 76.0 Å². The fourth-order valence-corrected chi connectivity index (χ4v) is 2.53. The van der Waals surface area contributed by atoms with Gasteiger partial charge in [-0.1, -0.05) is 18.2 Å². The normalized spacial score (nSPS) is 17.4. The van der Waals surface area contributed by atoms with E-state index >= 15 is 0 Å². The molecule has 10 radical (unpaired) electrons. The molecular weight excluding hydrogens is 380 g/mol. The van der Waals surface area contributed by atoms with Gasteiger partial charge < -0.3 is 0 Å². The number of hydrazine groups is 1. The molecule has 27 heavy (non-hydrogen) atoms. The zero-order valence-corrected chi connectivity index (χ0v) is 16.6. The molecule has 5 heteroatoms. The molecule has 1 aromatic rings. The average molecular weight is 404 g/mol. The zero-order valence-electron chi connectivity index (χ0n) is 15.5. The number of carbonyl (C=O) groups is 2. The Hall–Kier alpha value is -1.16. The number of nitrogens with one attached hydrogen (secondary N) is 1. The van der Waals surface area contributed by atoms with Gasteiger partial charge in [0.05, 0.1) is 0 Å². The first kappa shape index (κ1) is 23.9. The minimum absolute atomic E-state index is 0. The summed E-state index contributed by atoms with van der Waals surface area (Å²) in [6.07, 6.45) is 18.1. The van der Waals surface area contributed by atoms with Crippen molar-refractivity contribution in [1.82, 2.24) is 10.4 Å². The van der Waals surface area contributed by atoms with Gasteiger partial charge in [-0.15, -0.1) is 0 Å². The van der Waals surface area contributed by atoms with Gasteiger partial charge in [0.15, 0.2) is 0 Å². The van der Waals surface area contributed by atoms with Crippen LogP contribution in [-0.4, -0.2) is 29.8 Å². The van der Waals surface area contributed by atoms with Crippen LogP contribution < -0.4 is 5.43 Å². The Labute approximate surface area is 174 Å². The summed E-state index contributed by atoms with van der Waals surface area (Å²) in [5, 5.41) is 1.44. The second-order valence-electron chi connectivity index (χ2n) is 6.00. The molecule has 1 atom stereocenters. The number of Topliss-reactive ketones (excluding diaryl/α,β-unsaturated/α-hetero) is 1. The van der Waals surface area contributed by atoms with Crippen molar-refractivity contribution in [2.45, 2.75) is 19.4 Å². The maximum atomic E-state index is 12.3. The molecule has 0 aliphatic heterocycles. The molecule has 0 spiro atoms. The van der Waals surface area contributed by atoms with Crippen LogP contribution in [0.1, 0.15) is 23.7 Å². The monoisotopic (exact) mass is 404 g/mol. The number of ketones is 1. The van der Waals surface area contributed by atoms with E-state index < -0.39 is 0 Å². The summed E-state index contributed by atoms with van der Waals surface area (Å²) < 4.78 is 0. The first-order chi connectivity index (χ1) is 12.6. The van der Waals surface area contributed by atoms with Gasteiger partial charge in [-0.3, -0.25) is 14.6 Å². The smallest absolute Gasteiger partial charge is 0.300 e. The largest absolute Gasteiger partial charge is 2.00 e. The van der Waals surface area contributed by atoms with Crippen molar-refractivity contribution in [1.29, 1.82) is 0 Å². The van der Waals surface area contributed by atoms with Crippen molar-refractivity contribution in [3.8, 4) is 0 Å². The van der Waals surface area contributed by atoms with E-state index in [0.29, 0.717) is 12.0 Å². The molecule has 0 heterocycles. The standard InChI is InChI=1S/C17H19N2O2.C5H5.Fe/c1-13(20)12-16(14-8-6-7-9-14)18-19(2)17(21)15-10-4-3-5-11-15;1-2-4-5-3-1;/h3-11,16,18H,12H2,1-2H3;1-5H;/q;;+2. The number of amides is 1. The molecule has 0 aromatic heterocycles. The van der Waals surface area contributed by atoms with E-state index in [9.17, 15) is 9.59 Å². The number of rotatable bonds is 6. The van der Waals surface area contributed by atoms with E-state index in [4.69, 9.17) is 0 Å². The van der Waals surface area contributed by atoms with Crippen LogP contribution in [0.3, 0.4) is 0 Å². The molecule has 2 saturated carbocycles. The summed E-state index contributed by atoms with van der Waals surface area (Å²) >= 11 is 0. The molecule has 4 nitrogen and oxygen atoms in total. The van der Waals surface area contributed by atoms with Gasteiger partial charge in [0, 0.05) is 31.0 Å². The molecule has 2 fully saturated rings. The molecule has 1 unspecified atom stereocenters. The molecule has 1 amide bonds. The van der Waals surface area contributed by atoms with Gasteiger partial charge >= 0.3 is 17.1 Å². The van der Waals surface area contributed by atoms with E-state index in [1.54, 1.807) is 26.1 Å². The predicted octanol–water partition coefficient (Wildman–Crippen LogP) is 3.04. The Balaban J connectivity index is 0.000000526. The number of hydrogen-bond acceptors (Lipinski definition) is 3. The third-order valence-corrected chi connectivity index (χ3v) is 3.81. The van der Waals surface area contributed by atoms with Gasteiger partial charge in [-0.2, -0.15) is 0 Å². The Morgan fingerprint density at radius 2 is 1.44 bits per heavy atom. The van der Waals surface area contributed by atoms with E-state index in [2.05, 4.69) is 5.43 Å². The van der Waals surface area contributed by atoms with Crippen LogP contribution in [-0.2, 0) is 21.9 Å². The van der Waals surface area contributed by atoms with Crippen molar-refractivity contribution in [3.05, 3.63) is 99.6 Å². The third-order valence-electron chi connectivity index (χ3n) is 3.81. The average Bonchev–Trinajstić information content (AvgIpc) is 3.36. The van der Waals surface area contributed by atoms with Crippen LogP contribution >= 0.6 is 0 Å². The number of nitrogens with zero attached hydrogens (tertiary/aromatic N) is 1. The maximum Gasteiger partial charge on any atom is 2.00 e. The van der Waals surface area contributed by atoms with Gasteiger partial charge in [0.1, 0.15) is 5.78 Å². The Morgan fingerprint density at radius 1 is 0.926 bits per heavy atom.